The average molecular weight is 305 g/mol. The first-order valence-corrected chi connectivity index (χ1v) is 6.50. The molecule has 0 saturated heterocycles. The maximum absolute atomic E-state index is 14.1. The quantitative estimate of drug-likeness (QED) is 0.806. The topological polar surface area (TPSA) is 64.2 Å². The second-order valence-corrected chi connectivity index (χ2v) is 5.00. The molecule has 1 N–H and O–H groups in total. The van der Waals surface area contributed by atoms with Gasteiger partial charge < -0.3 is 9.72 Å². The molecule has 22 heavy (non-hydrogen) atoms. The number of nitrogens with zero attached hydrogens (tertiary/aromatic N) is 4. The first-order chi connectivity index (χ1) is 10.4. The van der Waals surface area contributed by atoms with Crippen LogP contribution in [0.2, 0.25) is 0 Å². The summed E-state index contributed by atoms with van der Waals surface area (Å²) < 4.78 is 31.0. The predicted octanol–water partition coefficient (Wildman–Crippen LogP) is 2.11. The van der Waals surface area contributed by atoms with Crippen molar-refractivity contribution in [1.82, 2.24) is 19.2 Å². The molecule has 114 valence electrons. The number of pyridine rings is 1. The molecule has 0 radical (unpaired) electrons. The van der Waals surface area contributed by atoms with E-state index in [9.17, 15) is 13.6 Å². The number of rotatable bonds is 3. The summed E-state index contributed by atoms with van der Waals surface area (Å²) in [6.45, 7) is 1.82. The van der Waals surface area contributed by atoms with E-state index < -0.39 is 17.4 Å². The van der Waals surface area contributed by atoms with E-state index in [1.165, 1.54) is 24.0 Å². The minimum atomic E-state index is -3.66. The number of aryl methyl sites for hydroxylation is 2. The highest BCUT2D eigenvalue weighted by molar-refractivity contribution is 5.96. The smallest absolute Gasteiger partial charge is 0.319 e. The Morgan fingerprint density at radius 3 is 2.73 bits per heavy atom. The lowest BCUT2D eigenvalue weighted by Crippen LogP contribution is -2.32. The molecule has 3 heterocycles. The number of hydrogen-bond acceptors (Lipinski definition) is 3. The van der Waals surface area contributed by atoms with Crippen molar-refractivity contribution in [3.63, 3.8) is 0 Å². The van der Waals surface area contributed by atoms with Crippen LogP contribution in [-0.4, -0.2) is 25.1 Å². The van der Waals surface area contributed by atoms with E-state index in [4.69, 9.17) is 0 Å². The Morgan fingerprint density at radius 1 is 1.27 bits per heavy atom. The Labute approximate surface area is 124 Å². The van der Waals surface area contributed by atoms with Crippen LogP contribution in [0, 0.1) is 6.92 Å². The molecular formula is C14H13F2N5O. The highest BCUT2D eigenvalue weighted by Crippen LogP contribution is 2.29. The molecule has 6 nitrogen and oxygen atoms in total. The van der Waals surface area contributed by atoms with Gasteiger partial charge in [-0.2, -0.15) is 13.9 Å². The Hall–Kier alpha value is -2.77. The van der Waals surface area contributed by atoms with Crippen LogP contribution >= 0.6 is 0 Å². The second-order valence-electron chi connectivity index (χ2n) is 5.00. The van der Waals surface area contributed by atoms with Gasteiger partial charge in [0.1, 0.15) is 5.65 Å². The number of hydrogen-bond donors (Lipinski definition) is 1. The zero-order valence-corrected chi connectivity index (χ0v) is 11.9. The molecule has 0 aromatic carbocycles. The lowest BCUT2D eigenvalue weighted by molar-refractivity contribution is -0.140. The van der Waals surface area contributed by atoms with Gasteiger partial charge in [-0.3, -0.25) is 9.48 Å². The van der Waals surface area contributed by atoms with Crippen LogP contribution in [0.15, 0.2) is 36.9 Å². The number of aromatic nitrogens is 4. The molecule has 3 aromatic rings. The second kappa shape index (κ2) is 4.90. The molecule has 0 spiro atoms. The molecule has 0 aliphatic carbocycles. The summed E-state index contributed by atoms with van der Waals surface area (Å²) in [4.78, 5) is 16.1. The van der Waals surface area contributed by atoms with Gasteiger partial charge in [-0.1, -0.05) is 0 Å². The van der Waals surface area contributed by atoms with Gasteiger partial charge >= 0.3 is 5.92 Å². The van der Waals surface area contributed by atoms with Crippen molar-refractivity contribution >= 4 is 17.2 Å². The zero-order chi connectivity index (χ0) is 15.9. The maximum Gasteiger partial charge on any atom is 0.353 e. The lowest BCUT2D eigenvalue weighted by Gasteiger charge is -2.14. The fourth-order valence-corrected chi connectivity index (χ4v) is 2.12. The highest BCUT2D eigenvalue weighted by atomic mass is 19.3. The first-order valence-electron chi connectivity index (χ1n) is 6.50. The predicted molar refractivity (Wildman–Crippen MR) is 75.7 cm³/mol. The fraction of sp³-hybridized carbons (Fsp3) is 0.214. The Bertz CT molecular complexity index is 852. The van der Waals surface area contributed by atoms with Gasteiger partial charge in [-0.05, 0) is 19.1 Å². The maximum atomic E-state index is 14.1. The molecule has 8 heteroatoms. The van der Waals surface area contributed by atoms with E-state index in [0.717, 1.165) is 18.1 Å². The molecule has 0 unspecified atom stereocenters. The molecule has 0 atom stereocenters. The van der Waals surface area contributed by atoms with Crippen LogP contribution in [0.5, 0.6) is 0 Å². The van der Waals surface area contributed by atoms with Crippen LogP contribution in [0.1, 0.15) is 11.3 Å². The van der Waals surface area contributed by atoms with Crippen LogP contribution in [-0.2, 0) is 17.8 Å². The number of carbonyl (C=O) groups is 1. The van der Waals surface area contributed by atoms with Crippen LogP contribution in [0.4, 0.5) is 14.5 Å². The van der Waals surface area contributed by atoms with E-state index in [1.54, 1.807) is 16.7 Å². The van der Waals surface area contributed by atoms with Crippen molar-refractivity contribution in [2.24, 2.45) is 7.05 Å². The van der Waals surface area contributed by atoms with Crippen molar-refractivity contribution in [3.05, 3.63) is 48.2 Å². The van der Waals surface area contributed by atoms with Crippen molar-refractivity contribution < 1.29 is 13.6 Å². The van der Waals surface area contributed by atoms with Crippen molar-refractivity contribution in [1.29, 1.82) is 0 Å². The summed E-state index contributed by atoms with van der Waals surface area (Å²) in [6, 6.07) is 3.17. The van der Waals surface area contributed by atoms with Gasteiger partial charge in [0.05, 0.1) is 23.1 Å². The summed E-state index contributed by atoms with van der Waals surface area (Å²) in [5.74, 6) is -5.06. The Kier molecular flexibility index (Phi) is 3.16. The van der Waals surface area contributed by atoms with Gasteiger partial charge in [0, 0.05) is 25.6 Å². The fourth-order valence-electron chi connectivity index (χ4n) is 2.12. The molecule has 0 aliphatic rings. The lowest BCUT2D eigenvalue weighted by atomic mass is 10.2. The Morgan fingerprint density at radius 2 is 2.05 bits per heavy atom. The molecule has 1 amide bonds. The number of carbonyl (C=O) groups excluding carboxylic acids is 1. The summed E-state index contributed by atoms with van der Waals surface area (Å²) in [5, 5.41) is 5.88. The minimum Gasteiger partial charge on any atom is -0.319 e. The van der Waals surface area contributed by atoms with Gasteiger partial charge in [0.2, 0.25) is 0 Å². The number of halogens is 2. The number of nitrogens with one attached hydrogen (secondary N) is 1. The van der Waals surface area contributed by atoms with Gasteiger partial charge in [-0.15, -0.1) is 0 Å². The highest BCUT2D eigenvalue weighted by Gasteiger charge is 2.42. The molecule has 0 aliphatic heterocycles. The van der Waals surface area contributed by atoms with Gasteiger partial charge in [0.15, 0.2) is 0 Å². The van der Waals surface area contributed by atoms with Crippen LogP contribution in [0.25, 0.3) is 5.65 Å². The third-order valence-corrected chi connectivity index (χ3v) is 3.18. The molecule has 0 fully saturated rings. The summed E-state index contributed by atoms with van der Waals surface area (Å²) >= 11 is 0. The number of amides is 1. The number of fused-ring (bicyclic) bond motifs is 1. The first kappa shape index (κ1) is 14.2. The zero-order valence-electron chi connectivity index (χ0n) is 11.9. The van der Waals surface area contributed by atoms with E-state index in [0.29, 0.717) is 5.65 Å². The number of anilines is 1. The molecule has 0 saturated carbocycles. The van der Waals surface area contributed by atoms with Gasteiger partial charge in [-0.25, -0.2) is 4.98 Å². The van der Waals surface area contributed by atoms with E-state index >= 15 is 0 Å². The van der Waals surface area contributed by atoms with Gasteiger partial charge in [0.25, 0.3) is 5.91 Å². The molecule has 0 bridgehead atoms. The SMILES string of the molecule is Cc1cn2cc(NC(=O)C(F)(F)c3cnn(C)c3)ccc2n1. The summed E-state index contributed by atoms with van der Waals surface area (Å²) in [5.41, 5.74) is 1.28. The standard InChI is InChI=1S/C14H13F2N5O/c1-9-6-21-8-11(3-4-12(21)18-9)19-13(22)14(15,16)10-5-17-20(2)7-10/h3-8H,1-2H3,(H,19,22). The van der Waals surface area contributed by atoms with E-state index in [-0.39, 0.29) is 5.69 Å². The van der Waals surface area contributed by atoms with Crippen molar-refractivity contribution in [2.45, 2.75) is 12.8 Å². The van der Waals surface area contributed by atoms with E-state index in [1.807, 2.05) is 6.92 Å². The normalized spacial score (nSPS) is 11.8. The van der Waals surface area contributed by atoms with Crippen LogP contribution in [0.3, 0.4) is 0 Å². The third-order valence-electron chi connectivity index (χ3n) is 3.18. The van der Waals surface area contributed by atoms with E-state index in [2.05, 4.69) is 15.4 Å². The van der Waals surface area contributed by atoms with Crippen LogP contribution < -0.4 is 5.32 Å². The minimum absolute atomic E-state index is 0.262. The summed E-state index contributed by atoms with van der Waals surface area (Å²) in [6.07, 6.45) is 5.36. The van der Waals surface area contributed by atoms with Crippen molar-refractivity contribution in [3.8, 4) is 0 Å². The third kappa shape index (κ3) is 2.43. The average Bonchev–Trinajstić information content (AvgIpc) is 3.03. The molecule has 3 rings (SSSR count). The Balaban J connectivity index is 1.85. The number of alkyl halides is 2. The number of imidazole rings is 1. The molecule has 3 aromatic heterocycles. The largest absolute Gasteiger partial charge is 0.353 e. The summed E-state index contributed by atoms with van der Waals surface area (Å²) in [7, 11) is 1.51. The van der Waals surface area contributed by atoms with Crippen molar-refractivity contribution in [2.75, 3.05) is 5.32 Å². The molecular weight excluding hydrogens is 292 g/mol. The monoisotopic (exact) mass is 305 g/mol.